The number of nitrogens with zero attached hydrogens (tertiary/aromatic N) is 2. The first-order chi connectivity index (χ1) is 14.2. The van der Waals surface area contributed by atoms with Crippen LogP contribution in [0.3, 0.4) is 0 Å². The Hall–Kier alpha value is 0.820. The van der Waals surface area contributed by atoms with Crippen LogP contribution < -0.4 is 0 Å². The Balaban J connectivity index is 6.83. The predicted molar refractivity (Wildman–Crippen MR) is 108 cm³/mol. The van der Waals surface area contributed by atoms with Gasteiger partial charge in [0, 0.05) is 13.1 Å². The molecule has 0 saturated carbocycles. The molecule has 0 aliphatic heterocycles. The highest BCUT2D eigenvalue weighted by molar-refractivity contribution is 7.72. The molecule has 0 fully saturated rings. The van der Waals surface area contributed by atoms with Crippen molar-refractivity contribution in [2.75, 3.05) is 19.6 Å². The van der Waals surface area contributed by atoms with Crippen LogP contribution in [0.2, 0.25) is 0 Å². The van der Waals surface area contributed by atoms with Gasteiger partial charge in [0.05, 0.1) is 0 Å². The summed E-state index contributed by atoms with van der Waals surface area (Å²) in [5, 5.41) is 0. The van der Waals surface area contributed by atoms with E-state index in [0.29, 0.717) is 0 Å². The van der Waals surface area contributed by atoms with Crippen LogP contribution in [0.1, 0.15) is 6.92 Å². The molecule has 0 aromatic heterocycles. The SMILES string of the molecule is CCN(CCN(C(P(=O)(O)O)P(=O)(O)O)C(P(=O)(O)O)P(=O)(O)O)C(P(=O)(O)O)P(=O)(O)O. The van der Waals surface area contributed by atoms with Gasteiger partial charge in [-0.15, -0.1) is 0 Å². The normalized spacial score (nSPS) is 15.5. The molecule has 0 unspecified atom stereocenters. The summed E-state index contributed by atoms with van der Waals surface area (Å²) in [6, 6.07) is 0. The van der Waals surface area contributed by atoms with Crippen LogP contribution in [0.25, 0.3) is 0 Å². The minimum Gasteiger partial charge on any atom is -0.323 e. The Bertz CT molecular complexity index is 849. The summed E-state index contributed by atoms with van der Waals surface area (Å²) in [6.07, 6.45) is 0. The molecule has 0 heterocycles. The molecule has 0 saturated heterocycles. The number of likely N-dealkylation sites (N-methyl/N-ethyl adjacent to an activating group) is 1. The molecule has 0 rings (SSSR count). The lowest BCUT2D eigenvalue weighted by atomic mass is 10.5. The van der Waals surface area contributed by atoms with E-state index in [9.17, 15) is 86.1 Å². The van der Waals surface area contributed by atoms with E-state index in [2.05, 4.69) is 0 Å². The molecule has 0 aromatic rings. The minimum atomic E-state index is -6.15. The van der Waals surface area contributed by atoms with Gasteiger partial charge in [-0.05, 0) is 6.54 Å². The van der Waals surface area contributed by atoms with Crippen molar-refractivity contribution in [2.45, 2.75) is 23.5 Å². The minimum absolute atomic E-state index is 0.237. The zero-order chi connectivity index (χ0) is 27.0. The van der Waals surface area contributed by atoms with E-state index in [1.165, 1.54) is 0 Å². The average molecular weight is 610 g/mol. The molecule has 0 radical (unpaired) electrons. The smallest absolute Gasteiger partial charge is 0.323 e. The molecule has 0 bridgehead atoms. The van der Waals surface area contributed by atoms with Crippen molar-refractivity contribution in [1.82, 2.24) is 9.80 Å². The quantitative estimate of drug-likeness (QED) is 0.0961. The van der Waals surface area contributed by atoms with Gasteiger partial charge in [0.15, 0.2) is 0 Å². The van der Waals surface area contributed by atoms with Crippen molar-refractivity contribution >= 4 is 45.6 Å². The highest BCUT2D eigenvalue weighted by atomic mass is 31.2. The Labute approximate surface area is 185 Å². The highest BCUT2D eigenvalue weighted by Gasteiger charge is 2.58. The first-order valence-corrected chi connectivity index (χ1v) is 18.1. The third-order valence-corrected chi connectivity index (χ3v) is 14.6. The summed E-state index contributed by atoms with van der Waals surface area (Å²) in [7, 11) is -36.0. The topological polar surface area (TPSA) is 352 Å². The second-order valence-corrected chi connectivity index (χ2v) is 17.7. The van der Waals surface area contributed by atoms with E-state index in [-0.39, 0.29) is 4.90 Å². The lowest BCUT2D eigenvalue weighted by Gasteiger charge is -2.39. The summed E-state index contributed by atoms with van der Waals surface area (Å²) in [4.78, 5) is 112. The number of hydrogen-bond acceptors (Lipinski definition) is 8. The Morgan fingerprint density at radius 3 is 0.909 bits per heavy atom. The van der Waals surface area contributed by atoms with Gasteiger partial charge in [-0.25, -0.2) is 0 Å². The summed E-state index contributed by atoms with van der Waals surface area (Å²) in [5.74, 6) is 0. The van der Waals surface area contributed by atoms with E-state index < -0.39 is 86.7 Å². The standard InChI is InChI=1S/C7H24N2O18P6/c1-2-8(5(28(10,11)12)29(13,14)15)3-4-9(6(30(16,17)18)31(19,20)21)7(32(22,23)24)33(25,26)27/h5-7H,2-4H2,1H3,(H2,10,11,12)(H2,13,14,15)(H2,16,17,18)(H2,19,20,21)(H2,22,23,24)(H2,25,26,27). The zero-order valence-corrected chi connectivity index (χ0v) is 21.6. The van der Waals surface area contributed by atoms with E-state index in [4.69, 9.17) is 0 Å². The van der Waals surface area contributed by atoms with E-state index in [0.717, 1.165) is 6.92 Å². The maximum atomic E-state index is 11.7. The lowest BCUT2D eigenvalue weighted by molar-refractivity contribution is 0.164. The van der Waals surface area contributed by atoms with Crippen molar-refractivity contribution in [3.05, 3.63) is 0 Å². The molecule has 20 nitrogen and oxygen atoms in total. The third kappa shape index (κ3) is 10.0. The molecule has 0 aromatic carbocycles. The molecule has 33 heavy (non-hydrogen) atoms. The first-order valence-electron chi connectivity index (χ1n) is 7.98. The summed E-state index contributed by atoms with van der Waals surface area (Å²) < 4.78 is 70.1. The van der Waals surface area contributed by atoms with Crippen LogP contribution in [0.15, 0.2) is 0 Å². The first kappa shape index (κ1) is 33.8. The van der Waals surface area contributed by atoms with Gasteiger partial charge in [0.1, 0.15) is 0 Å². The Kier molecular flexibility index (Phi) is 11.3. The molecule has 200 valence electrons. The third-order valence-electron chi connectivity index (χ3n) is 3.78. The predicted octanol–water partition coefficient (Wildman–Crippen LogP) is -2.47. The van der Waals surface area contributed by atoms with Crippen molar-refractivity contribution in [3.8, 4) is 0 Å². The molecule has 0 atom stereocenters. The van der Waals surface area contributed by atoms with Gasteiger partial charge >= 0.3 is 45.6 Å². The maximum Gasteiger partial charge on any atom is 0.355 e. The van der Waals surface area contributed by atoms with Crippen molar-refractivity contribution in [2.24, 2.45) is 0 Å². The van der Waals surface area contributed by atoms with Crippen LogP contribution in [0.5, 0.6) is 0 Å². The van der Waals surface area contributed by atoms with Crippen LogP contribution in [0, 0.1) is 0 Å². The van der Waals surface area contributed by atoms with E-state index in [1.807, 2.05) is 0 Å². The molecule has 26 heteroatoms. The van der Waals surface area contributed by atoms with Crippen LogP contribution in [-0.4, -0.2) is 105 Å². The van der Waals surface area contributed by atoms with Gasteiger partial charge in [-0.1, -0.05) is 6.92 Å². The molecule has 12 N–H and O–H groups in total. The molecule has 0 aliphatic rings. The van der Waals surface area contributed by atoms with Gasteiger partial charge in [0.2, 0.25) is 16.6 Å². The van der Waals surface area contributed by atoms with Crippen molar-refractivity contribution in [3.63, 3.8) is 0 Å². The summed E-state index contributed by atoms with van der Waals surface area (Å²) in [6.45, 7) is -2.41. The van der Waals surface area contributed by atoms with Crippen molar-refractivity contribution in [1.29, 1.82) is 0 Å². The maximum absolute atomic E-state index is 11.7. The monoisotopic (exact) mass is 610 g/mol. The molecule has 0 aliphatic carbocycles. The van der Waals surface area contributed by atoms with E-state index >= 15 is 0 Å². The van der Waals surface area contributed by atoms with Gasteiger partial charge in [-0.3, -0.25) is 37.2 Å². The van der Waals surface area contributed by atoms with Gasteiger partial charge in [-0.2, -0.15) is 0 Å². The highest BCUT2D eigenvalue weighted by Crippen LogP contribution is 2.69. The molecule has 0 amide bonds. The lowest BCUT2D eigenvalue weighted by Crippen LogP contribution is -2.48. The second kappa shape index (κ2) is 11.1. The second-order valence-electron chi connectivity index (χ2n) is 6.44. The number of hydrogen-bond donors (Lipinski definition) is 12. The average Bonchev–Trinajstić information content (AvgIpc) is 2.41. The van der Waals surface area contributed by atoms with Crippen LogP contribution >= 0.6 is 45.6 Å². The van der Waals surface area contributed by atoms with E-state index in [1.54, 1.807) is 0 Å². The van der Waals surface area contributed by atoms with Crippen molar-refractivity contribution < 1.29 is 86.1 Å². The Morgan fingerprint density at radius 1 is 0.485 bits per heavy atom. The fourth-order valence-corrected chi connectivity index (χ4v) is 11.9. The Morgan fingerprint density at radius 2 is 0.727 bits per heavy atom. The molecular weight excluding hydrogens is 586 g/mol. The molecular formula is C7H24N2O18P6. The zero-order valence-electron chi connectivity index (χ0n) is 16.2. The van der Waals surface area contributed by atoms with Crippen LogP contribution in [-0.2, 0) is 27.4 Å². The van der Waals surface area contributed by atoms with Crippen LogP contribution in [0.4, 0.5) is 0 Å². The van der Waals surface area contributed by atoms with Gasteiger partial charge < -0.3 is 58.7 Å². The van der Waals surface area contributed by atoms with Gasteiger partial charge in [0.25, 0.3) is 0 Å². The fourth-order valence-electron chi connectivity index (χ4n) is 2.82. The number of rotatable bonds is 13. The fraction of sp³-hybridized carbons (Fsp3) is 1.00. The molecule has 0 spiro atoms. The summed E-state index contributed by atoms with van der Waals surface area (Å²) >= 11 is 0. The summed E-state index contributed by atoms with van der Waals surface area (Å²) in [5.41, 5.74) is -10.0. The largest absolute Gasteiger partial charge is 0.355 e.